The molecule has 29 heavy (non-hydrogen) atoms. The quantitative estimate of drug-likeness (QED) is 0.703. The molecule has 0 aromatic heterocycles. The minimum Gasteiger partial charge on any atom is -0.454 e. The zero-order valence-electron chi connectivity index (χ0n) is 16.8. The Morgan fingerprint density at radius 1 is 1.31 bits per heavy atom. The van der Waals surface area contributed by atoms with Gasteiger partial charge in [0.15, 0.2) is 12.4 Å². The highest BCUT2D eigenvalue weighted by Gasteiger charge is 2.38. The Balaban J connectivity index is 1.71. The molecule has 1 saturated heterocycles. The lowest BCUT2D eigenvalue weighted by Crippen LogP contribution is -2.49. The van der Waals surface area contributed by atoms with Crippen molar-refractivity contribution in [2.45, 2.75) is 62.9 Å². The van der Waals surface area contributed by atoms with Crippen molar-refractivity contribution in [1.29, 1.82) is 0 Å². The van der Waals surface area contributed by atoms with Crippen LogP contribution in [0, 0.1) is 0 Å². The molecule has 9 heteroatoms. The largest absolute Gasteiger partial charge is 0.454 e. The zero-order chi connectivity index (χ0) is 21.0. The first kappa shape index (κ1) is 21.3. The number of benzene rings is 1. The van der Waals surface area contributed by atoms with Crippen molar-refractivity contribution in [3.8, 4) is 0 Å². The van der Waals surface area contributed by atoms with Gasteiger partial charge in [0.1, 0.15) is 10.9 Å². The predicted octanol–water partition coefficient (Wildman–Crippen LogP) is 1.84. The van der Waals surface area contributed by atoms with Gasteiger partial charge in [0.25, 0.3) is 15.9 Å². The van der Waals surface area contributed by atoms with Gasteiger partial charge in [0.05, 0.1) is 0 Å². The van der Waals surface area contributed by atoms with Crippen LogP contribution in [-0.2, 0) is 24.3 Å². The number of rotatable bonds is 6. The summed E-state index contributed by atoms with van der Waals surface area (Å²) in [7, 11) is -3.77. The van der Waals surface area contributed by atoms with Crippen LogP contribution in [0.2, 0.25) is 0 Å². The molecule has 2 atom stereocenters. The first-order chi connectivity index (χ1) is 13.8. The molecule has 0 unspecified atom stereocenters. The zero-order valence-corrected chi connectivity index (χ0v) is 17.6. The molecule has 0 saturated carbocycles. The number of esters is 1. The van der Waals surface area contributed by atoms with E-state index in [0.717, 1.165) is 25.7 Å². The minimum atomic E-state index is -3.77. The average Bonchev–Trinajstić information content (AvgIpc) is 2.97. The molecular weight excluding hydrogens is 394 g/mol. The van der Waals surface area contributed by atoms with E-state index in [4.69, 9.17) is 4.74 Å². The maximum atomic E-state index is 12.7. The lowest BCUT2D eigenvalue weighted by atomic mass is 10.0. The van der Waals surface area contributed by atoms with Gasteiger partial charge in [0.2, 0.25) is 0 Å². The Kier molecular flexibility index (Phi) is 6.56. The van der Waals surface area contributed by atoms with Gasteiger partial charge in [0, 0.05) is 18.2 Å². The number of fused-ring (bicyclic) bond motifs is 1. The number of ether oxygens (including phenoxy) is 1. The highest BCUT2D eigenvalue weighted by Crippen LogP contribution is 2.30. The average molecular weight is 422 g/mol. The molecule has 0 aliphatic carbocycles. The van der Waals surface area contributed by atoms with E-state index < -0.39 is 22.0 Å². The summed E-state index contributed by atoms with van der Waals surface area (Å²) in [5.41, 5.74) is 0.498. The van der Waals surface area contributed by atoms with Gasteiger partial charge in [-0.3, -0.25) is 4.79 Å². The fourth-order valence-corrected chi connectivity index (χ4v) is 5.00. The first-order valence-electron chi connectivity index (χ1n) is 10.0. The van der Waals surface area contributed by atoms with Crippen molar-refractivity contribution >= 4 is 27.7 Å². The normalized spacial score (nSPS) is 21.1. The number of piperidine rings is 1. The minimum absolute atomic E-state index is 0.0203. The van der Waals surface area contributed by atoms with Crippen LogP contribution in [0.5, 0.6) is 0 Å². The number of nitrogens with one attached hydrogen (secondary N) is 1. The number of hydrogen-bond acceptors (Lipinski definition) is 6. The molecule has 0 bridgehead atoms. The molecule has 2 heterocycles. The van der Waals surface area contributed by atoms with Crippen LogP contribution in [0.3, 0.4) is 0 Å². The molecule has 2 aliphatic rings. The van der Waals surface area contributed by atoms with E-state index in [1.807, 2.05) is 13.8 Å². The van der Waals surface area contributed by atoms with Crippen LogP contribution in [0.4, 0.5) is 0 Å². The summed E-state index contributed by atoms with van der Waals surface area (Å²) in [5, 5.41) is 2.80. The molecular formula is C20H27N3O5S. The van der Waals surface area contributed by atoms with Crippen molar-refractivity contribution in [3.63, 3.8) is 0 Å². The van der Waals surface area contributed by atoms with Crippen molar-refractivity contribution in [1.82, 2.24) is 10.2 Å². The summed E-state index contributed by atoms with van der Waals surface area (Å²) in [4.78, 5) is 26.6. The van der Waals surface area contributed by atoms with Gasteiger partial charge in [-0.25, -0.2) is 4.79 Å². The van der Waals surface area contributed by atoms with Crippen molar-refractivity contribution < 1.29 is 22.7 Å². The number of nitrogens with zero attached hydrogens (tertiary/aromatic N) is 2. The molecule has 8 nitrogen and oxygen atoms in total. The number of amides is 1. The molecule has 2 aliphatic heterocycles. The third kappa shape index (κ3) is 4.77. The Bertz CT molecular complexity index is 912. The number of carbonyl (C=O) groups excluding carboxylic acids is 2. The van der Waals surface area contributed by atoms with Gasteiger partial charge in [-0.15, -0.1) is 4.40 Å². The van der Waals surface area contributed by atoms with Gasteiger partial charge < -0.3 is 15.0 Å². The number of sulfonamides is 1. The van der Waals surface area contributed by atoms with Crippen molar-refractivity contribution in [2.75, 3.05) is 13.2 Å². The summed E-state index contributed by atoms with van der Waals surface area (Å²) in [6.07, 6.45) is 3.96. The van der Waals surface area contributed by atoms with E-state index >= 15 is 0 Å². The number of amidine groups is 1. The first-order valence-corrected chi connectivity index (χ1v) is 11.4. The van der Waals surface area contributed by atoms with Crippen LogP contribution >= 0.6 is 0 Å². The van der Waals surface area contributed by atoms with Crippen LogP contribution < -0.4 is 5.32 Å². The van der Waals surface area contributed by atoms with Crippen LogP contribution in [0.25, 0.3) is 0 Å². The lowest BCUT2D eigenvalue weighted by molar-refractivity contribution is -0.153. The third-order valence-corrected chi connectivity index (χ3v) is 6.46. The molecule has 0 spiro atoms. The third-order valence-electron chi connectivity index (χ3n) is 5.13. The standard InChI is InChI=1S/C20H27N3O5S/c1-3-8-14(2)21-18(24)13-28-20(25)16-10-6-7-12-23(16)19-15-9-4-5-11-17(15)29(26,27)22-19/h4-5,9,11,14,16H,3,6-8,10,12-13H2,1-2H3,(H,21,24)/t14-,16-/m1/s1. The van der Waals surface area contributed by atoms with E-state index in [1.165, 1.54) is 6.07 Å². The maximum absolute atomic E-state index is 12.7. The van der Waals surface area contributed by atoms with Gasteiger partial charge >= 0.3 is 5.97 Å². The fraction of sp³-hybridized carbons (Fsp3) is 0.550. The summed E-state index contributed by atoms with van der Waals surface area (Å²) in [5.74, 6) is -0.594. The molecule has 0 radical (unpaired) electrons. The van der Waals surface area contributed by atoms with E-state index in [1.54, 1.807) is 23.1 Å². The molecule has 158 valence electrons. The van der Waals surface area contributed by atoms with Crippen molar-refractivity contribution in [3.05, 3.63) is 29.8 Å². The fourth-order valence-electron chi connectivity index (χ4n) is 3.78. The van der Waals surface area contributed by atoms with Gasteiger partial charge in [-0.05, 0) is 44.7 Å². The number of carbonyl (C=O) groups is 2. The maximum Gasteiger partial charge on any atom is 0.329 e. The number of hydrogen-bond donors (Lipinski definition) is 1. The van der Waals surface area contributed by atoms with Crippen LogP contribution in [0.15, 0.2) is 33.6 Å². The summed E-state index contributed by atoms with van der Waals surface area (Å²) in [6.45, 7) is 4.09. The molecule has 1 aromatic carbocycles. The Labute approximate surface area is 171 Å². The lowest BCUT2D eigenvalue weighted by Gasteiger charge is -2.35. The van der Waals surface area contributed by atoms with Crippen LogP contribution in [0.1, 0.15) is 51.5 Å². The molecule has 1 aromatic rings. The van der Waals surface area contributed by atoms with E-state index in [-0.39, 0.29) is 29.3 Å². The number of likely N-dealkylation sites (tertiary alicyclic amines) is 1. The molecule has 3 rings (SSSR count). The molecule has 1 fully saturated rings. The Morgan fingerprint density at radius 2 is 2.07 bits per heavy atom. The van der Waals surface area contributed by atoms with E-state index in [2.05, 4.69) is 9.71 Å². The highest BCUT2D eigenvalue weighted by atomic mass is 32.2. The van der Waals surface area contributed by atoms with Gasteiger partial charge in [-0.2, -0.15) is 8.42 Å². The summed E-state index contributed by atoms with van der Waals surface area (Å²) >= 11 is 0. The van der Waals surface area contributed by atoms with E-state index in [9.17, 15) is 18.0 Å². The second-order valence-corrected chi connectivity index (χ2v) is 9.03. The van der Waals surface area contributed by atoms with Crippen LogP contribution in [-0.4, -0.2) is 56.3 Å². The molecule has 1 amide bonds. The highest BCUT2D eigenvalue weighted by molar-refractivity contribution is 7.90. The topological polar surface area (TPSA) is 105 Å². The monoisotopic (exact) mass is 421 g/mol. The Hall–Kier alpha value is -2.42. The van der Waals surface area contributed by atoms with Gasteiger partial charge in [-0.1, -0.05) is 25.5 Å². The molecule has 1 N–H and O–H groups in total. The summed E-state index contributed by atoms with van der Waals surface area (Å²) in [6, 6.07) is 5.96. The second kappa shape index (κ2) is 8.94. The summed E-state index contributed by atoms with van der Waals surface area (Å²) < 4.78 is 33.9. The van der Waals surface area contributed by atoms with Crippen molar-refractivity contribution in [2.24, 2.45) is 4.40 Å². The SMILES string of the molecule is CCC[C@@H](C)NC(=O)COC(=O)[C@H]1CCCCN1C1=NS(=O)(=O)c2ccccc21. The predicted molar refractivity (Wildman–Crippen MR) is 108 cm³/mol. The smallest absolute Gasteiger partial charge is 0.329 e. The second-order valence-electron chi connectivity index (χ2n) is 7.46. The Morgan fingerprint density at radius 3 is 2.83 bits per heavy atom. The van der Waals surface area contributed by atoms with E-state index in [0.29, 0.717) is 18.5 Å².